The van der Waals surface area contributed by atoms with Gasteiger partial charge in [-0.25, -0.2) is 4.98 Å². The number of nitrogens with two attached hydrogens (primary N) is 1. The number of aromatic amines is 1. The highest BCUT2D eigenvalue weighted by Crippen LogP contribution is 2.13. The Bertz CT molecular complexity index is 1440. The lowest BCUT2D eigenvalue weighted by Gasteiger charge is -2.31. The van der Waals surface area contributed by atoms with Crippen molar-refractivity contribution in [3.63, 3.8) is 0 Å². The molecule has 0 saturated carbocycles. The molecule has 63 heavy (non-hydrogen) atoms. The zero-order valence-corrected chi connectivity index (χ0v) is 38.1. The third kappa shape index (κ3) is 25.6. The maximum atomic E-state index is 13.7. The number of imidazole rings is 1. The van der Waals surface area contributed by atoms with E-state index in [0.29, 0.717) is 25.0 Å². The zero-order valence-electron chi connectivity index (χ0n) is 38.1. The second-order valence-corrected chi connectivity index (χ2v) is 16.4. The van der Waals surface area contributed by atoms with Gasteiger partial charge in [0.15, 0.2) is 0 Å². The van der Waals surface area contributed by atoms with E-state index in [1.165, 1.54) is 84.3 Å². The van der Waals surface area contributed by atoms with Crippen molar-refractivity contribution in [2.24, 2.45) is 5.73 Å². The fraction of sp³-hybridized carbons (Fsp3) is 0.791. The summed E-state index contributed by atoms with van der Waals surface area (Å²) in [6.07, 6.45) is 15.2. The molecule has 362 valence electrons. The molecule has 1 heterocycles. The number of hydrogen-bond acceptors (Lipinski definition) is 13. The Hall–Kier alpha value is -4.21. The molecule has 0 unspecified atom stereocenters. The van der Waals surface area contributed by atoms with Crippen LogP contribution in [0.4, 0.5) is 0 Å². The fourth-order valence-corrected chi connectivity index (χ4v) is 6.93. The maximum Gasteiger partial charge on any atom is 0.245 e. The van der Waals surface area contributed by atoms with Crippen molar-refractivity contribution in [2.75, 3.05) is 20.2 Å². The highest BCUT2D eigenvalue weighted by Gasteiger charge is 2.34. The predicted octanol–water partition coefficient (Wildman–Crippen LogP) is 0.132. The predicted molar refractivity (Wildman–Crippen MR) is 238 cm³/mol. The van der Waals surface area contributed by atoms with Gasteiger partial charge in [0.2, 0.25) is 35.4 Å². The van der Waals surface area contributed by atoms with Crippen LogP contribution in [0.5, 0.6) is 0 Å². The van der Waals surface area contributed by atoms with E-state index in [4.69, 9.17) is 5.73 Å². The van der Waals surface area contributed by atoms with Crippen LogP contribution in [0.15, 0.2) is 12.5 Å². The standard InChI is InChI=1S/C43H80N10O10/c1-5-7-9-10-11-12-13-14-15-16-17-18-19-21-36(57)47-26-37(58)53-38(29(3)55)43(63)50-32(22-23-35(44)56)40(60)51-33(24-30-25-46-28-48-30)41(61)52-34(27-54)42(62)49-31(20-8-6-2)39(59)45-4/h25,28-29,31-34,38-40,45,51,54-55,59-60H,5-24,26-27H2,1-4H3,(H2,44,56)(H,46,48)(H,47,57)(H,49,62)(H,50,63)(H,52,61)(H,53,58)/t29-,31-,32-,33-,34-,38-,39-,40-/m0/s1. The van der Waals surface area contributed by atoms with Gasteiger partial charge in [-0.1, -0.05) is 104 Å². The first-order valence-corrected chi connectivity index (χ1v) is 23.0. The van der Waals surface area contributed by atoms with Crippen LogP contribution in [0.1, 0.15) is 148 Å². The van der Waals surface area contributed by atoms with E-state index >= 15 is 0 Å². The second kappa shape index (κ2) is 34.2. The number of unbranched alkanes of at least 4 members (excludes halogenated alkanes) is 13. The lowest BCUT2D eigenvalue weighted by atomic mass is 10.0. The molecule has 1 rings (SSSR count). The van der Waals surface area contributed by atoms with Crippen molar-refractivity contribution >= 4 is 35.4 Å². The minimum Gasteiger partial charge on any atom is -0.394 e. The molecule has 0 fully saturated rings. The Morgan fingerprint density at radius 3 is 1.76 bits per heavy atom. The molecule has 1 aromatic rings. The van der Waals surface area contributed by atoms with E-state index < -0.39 is 91.5 Å². The van der Waals surface area contributed by atoms with E-state index in [2.05, 4.69) is 54.1 Å². The van der Waals surface area contributed by atoms with Crippen LogP contribution in [0.25, 0.3) is 0 Å². The first-order chi connectivity index (χ1) is 30.2. The number of likely N-dealkylation sites (N-methyl/N-ethyl adjacent to an activating group) is 1. The second-order valence-electron chi connectivity index (χ2n) is 16.4. The van der Waals surface area contributed by atoms with Crippen molar-refractivity contribution < 1.29 is 49.2 Å². The Morgan fingerprint density at radius 2 is 1.24 bits per heavy atom. The SMILES string of the molecule is CCCCCCCCCCCCCCCC(=O)NCC(=O)N[C@H](C(=O)N[C@@H](CCC(N)=O)[C@H](O)N[C@@H](Cc1cnc[nH]1)C(=O)N[C@@H](CO)C(=O)N[C@@H](CCCC)[C@H](O)NC)[C@H](C)O. The lowest BCUT2D eigenvalue weighted by Crippen LogP contribution is -2.62. The molecule has 0 aliphatic heterocycles. The molecule has 20 nitrogen and oxygen atoms in total. The number of nitrogens with zero attached hydrogens (tertiary/aromatic N) is 1. The van der Waals surface area contributed by atoms with Crippen LogP contribution in [-0.4, -0.2) is 135 Å². The van der Waals surface area contributed by atoms with Crippen molar-refractivity contribution in [3.05, 3.63) is 18.2 Å². The minimum atomic E-state index is -1.76. The van der Waals surface area contributed by atoms with Crippen LogP contribution in [0.2, 0.25) is 0 Å². The third-order valence-corrected chi connectivity index (χ3v) is 10.8. The van der Waals surface area contributed by atoms with Gasteiger partial charge in [0.25, 0.3) is 0 Å². The number of nitrogens with one attached hydrogen (secondary N) is 8. The number of hydrogen-bond donors (Lipinski definition) is 13. The van der Waals surface area contributed by atoms with Gasteiger partial charge in [-0.3, -0.25) is 39.4 Å². The molecule has 0 aliphatic carbocycles. The molecule has 0 radical (unpaired) electrons. The summed E-state index contributed by atoms with van der Waals surface area (Å²) in [4.78, 5) is 84.2. The Morgan fingerprint density at radius 1 is 0.683 bits per heavy atom. The van der Waals surface area contributed by atoms with Crippen molar-refractivity contribution in [1.82, 2.24) is 47.2 Å². The minimum absolute atomic E-state index is 0.131. The summed E-state index contributed by atoms with van der Waals surface area (Å²) in [6, 6.07) is -6.38. The molecule has 0 spiro atoms. The van der Waals surface area contributed by atoms with Gasteiger partial charge in [-0.15, -0.1) is 0 Å². The van der Waals surface area contributed by atoms with E-state index in [9.17, 15) is 49.2 Å². The topological polar surface area (TPSA) is 322 Å². The Balaban J connectivity index is 2.86. The van der Waals surface area contributed by atoms with E-state index in [-0.39, 0.29) is 31.6 Å². The monoisotopic (exact) mass is 897 g/mol. The van der Waals surface area contributed by atoms with Crippen LogP contribution in [-0.2, 0) is 35.2 Å². The number of carbonyl (C=O) groups excluding carboxylic acids is 6. The maximum absolute atomic E-state index is 13.7. The fourth-order valence-electron chi connectivity index (χ4n) is 6.93. The summed E-state index contributed by atoms with van der Waals surface area (Å²) in [5, 5.41) is 60.2. The number of amides is 6. The summed E-state index contributed by atoms with van der Waals surface area (Å²) in [5.41, 5.74) is 5.81. The van der Waals surface area contributed by atoms with Gasteiger partial charge in [0, 0.05) is 31.2 Å². The van der Waals surface area contributed by atoms with Gasteiger partial charge in [0.05, 0.1) is 43.7 Å². The normalized spacial score (nSPS) is 15.2. The van der Waals surface area contributed by atoms with E-state index in [1.54, 1.807) is 0 Å². The quantitative estimate of drug-likeness (QED) is 0.0311. The van der Waals surface area contributed by atoms with Gasteiger partial charge in [0.1, 0.15) is 24.5 Å². The Labute approximate surface area is 373 Å². The largest absolute Gasteiger partial charge is 0.394 e. The van der Waals surface area contributed by atoms with Crippen LogP contribution in [0.3, 0.4) is 0 Å². The molecule has 0 saturated heterocycles. The highest BCUT2D eigenvalue weighted by molar-refractivity contribution is 5.91. The molecule has 0 aliphatic rings. The van der Waals surface area contributed by atoms with Crippen molar-refractivity contribution in [3.8, 4) is 0 Å². The smallest absolute Gasteiger partial charge is 0.245 e. The molecule has 20 heteroatoms. The van der Waals surface area contributed by atoms with Gasteiger partial charge >= 0.3 is 0 Å². The average molecular weight is 897 g/mol. The van der Waals surface area contributed by atoms with Gasteiger partial charge in [-0.2, -0.15) is 0 Å². The lowest BCUT2D eigenvalue weighted by molar-refractivity contribution is -0.134. The number of primary amides is 1. The number of aliphatic hydroxyl groups excluding tert-OH is 4. The summed E-state index contributed by atoms with van der Waals surface area (Å²) in [6.45, 7) is 4.17. The molecule has 8 atom stereocenters. The highest BCUT2D eigenvalue weighted by atomic mass is 16.3. The number of rotatable bonds is 38. The third-order valence-electron chi connectivity index (χ3n) is 10.8. The van der Waals surface area contributed by atoms with Crippen molar-refractivity contribution in [1.29, 1.82) is 0 Å². The van der Waals surface area contributed by atoms with Gasteiger partial charge in [-0.05, 0) is 33.2 Å². The van der Waals surface area contributed by atoms with Crippen LogP contribution in [0, 0.1) is 0 Å². The van der Waals surface area contributed by atoms with E-state index in [1.807, 2.05) is 6.92 Å². The van der Waals surface area contributed by atoms with E-state index in [0.717, 1.165) is 25.7 Å². The number of carbonyl (C=O) groups is 6. The average Bonchev–Trinajstić information content (AvgIpc) is 3.77. The number of aromatic nitrogens is 2. The molecule has 14 N–H and O–H groups in total. The molecule has 6 amide bonds. The van der Waals surface area contributed by atoms with Crippen LogP contribution >= 0.6 is 0 Å². The summed E-state index contributed by atoms with van der Waals surface area (Å²) in [5.74, 6) is -4.40. The summed E-state index contributed by atoms with van der Waals surface area (Å²) in [7, 11) is 1.52. The number of H-pyrrole nitrogens is 1. The molecular formula is C43H80N10O10. The molecule has 1 aromatic heterocycles. The molecule has 0 bridgehead atoms. The Kier molecular flexibility index (Phi) is 30.9. The molecular weight excluding hydrogens is 817 g/mol. The zero-order chi connectivity index (χ0) is 47.0. The number of aliphatic hydroxyl groups is 4. The summed E-state index contributed by atoms with van der Waals surface area (Å²) >= 11 is 0. The summed E-state index contributed by atoms with van der Waals surface area (Å²) < 4.78 is 0. The molecule has 0 aromatic carbocycles. The van der Waals surface area contributed by atoms with Crippen LogP contribution < -0.4 is 43.0 Å². The first-order valence-electron chi connectivity index (χ1n) is 23.0. The van der Waals surface area contributed by atoms with Gasteiger partial charge < -0.3 is 57.7 Å². The van der Waals surface area contributed by atoms with Crippen molar-refractivity contribution in [2.45, 2.75) is 198 Å². The first kappa shape index (κ1) is 56.8.